The van der Waals surface area contributed by atoms with E-state index >= 15 is 26.3 Å². The Morgan fingerprint density at radius 1 is 0.315 bits per heavy atom. The fourth-order valence-corrected chi connectivity index (χ4v) is 10.2. The molecule has 0 aliphatic rings. The fourth-order valence-electron chi connectivity index (χ4n) is 10.2. The highest BCUT2D eigenvalue weighted by molar-refractivity contribution is 6.13. The third kappa shape index (κ3) is 8.94. The molecule has 2 heterocycles. The van der Waals surface area contributed by atoms with Crippen molar-refractivity contribution in [1.82, 2.24) is 19.5 Å². The van der Waals surface area contributed by atoms with E-state index in [0.29, 0.717) is 22.2 Å². The maximum Gasteiger partial charge on any atom is 0.417 e. The standard InChI is InChI=1S/C63H44F6N4/c1-37-27-38(2)30-45(29-37)43-23-25-56-50(33-43)51-34-44(46-31-39(3)28-40(4)32-46)24-26-57(51)73(56)58-52(48-19-11-13-21-54(48)62(64,65)66)35-47(36-53(58)49-20-12-14-22-55(49)63(67,68)69)61-71-59(41-15-7-5-8-16-41)70-60(72-61)42-17-9-6-10-18-42/h5-36H,1-4H3. The lowest BCUT2D eigenvalue weighted by Crippen LogP contribution is -2.11. The van der Waals surface area contributed by atoms with Gasteiger partial charge in [-0.15, -0.1) is 0 Å². The highest BCUT2D eigenvalue weighted by Gasteiger charge is 2.37. The summed E-state index contributed by atoms with van der Waals surface area (Å²) in [6, 6.07) is 56.3. The minimum atomic E-state index is -4.87. The third-order valence-corrected chi connectivity index (χ3v) is 13.2. The zero-order valence-electron chi connectivity index (χ0n) is 40.0. The molecule has 10 heteroatoms. The second kappa shape index (κ2) is 18.2. The monoisotopic (exact) mass is 970 g/mol. The number of hydrogen-bond donors (Lipinski definition) is 0. The van der Waals surface area contributed by atoms with Gasteiger partial charge in [-0.3, -0.25) is 0 Å². The number of nitrogens with zero attached hydrogens (tertiary/aromatic N) is 4. The average molecular weight is 971 g/mol. The van der Waals surface area contributed by atoms with E-state index in [1.807, 2.05) is 117 Å². The molecule has 0 radical (unpaired) electrons. The van der Waals surface area contributed by atoms with Crippen molar-refractivity contribution in [3.63, 3.8) is 0 Å². The predicted octanol–water partition coefficient (Wildman–Crippen LogP) is 17.9. The normalized spacial score (nSPS) is 12.0. The number of aromatic nitrogens is 4. The molecule has 0 aliphatic heterocycles. The van der Waals surface area contributed by atoms with Gasteiger partial charge >= 0.3 is 12.4 Å². The highest BCUT2D eigenvalue weighted by Crippen LogP contribution is 2.49. The summed E-state index contributed by atoms with van der Waals surface area (Å²) in [5.74, 6) is 0.586. The van der Waals surface area contributed by atoms with Crippen LogP contribution in [-0.4, -0.2) is 19.5 Å². The maximum absolute atomic E-state index is 15.6. The number of alkyl halides is 6. The van der Waals surface area contributed by atoms with Crippen LogP contribution in [0.4, 0.5) is 26.3 Å². The van der Waals surface area contributed by atoms with Crippen molar-refractivity contribution in [1.29, 1.82) is 0 Å². The second-order valence-corrected chi connectivity index (χ2v) is 18.6. The molecule has 0 amide bonds. The van der Waals surface area contributed by atoms with Crippen LogP contribution in [0.5, 0.6) is 0 Å². The zero-order valence-corrected chi connectivity index (χ0v) is 40.0. The van der Waals surface area contributed by atoms with Crippen LogP contribution in [0.3, 0.4) is 0 Å². The molecule has 0 atom stereocenters. The Hall–Kier alpha value is -8.63. The first kappa shape index (κ1) is 46.7. The summed E-state index contributed by atoms with van der Waals surface area (Å²) < 4.78 is 95.4. The van der Waals surface area contributed by atoms with E-state index in [1.165, 1.54) is 36.4 Å². The average Bonchev–Trinajstić information content (AvgIpc) is 3.70. The summed E-state index contributed by atoms with van der Waals surface area (Å²) in [5, 5.41) is 1.51. The van der Waals surface area contributed by atoms with Crippen molar-refractivity contribution >= 4 is 21.8 Å². The Morgan fingerprint density at radius 3 is 1.05 bits per heavy atom. The molecule has 11 rings (SSSR count). The first-order valence-corrected chi connectivity index (χ1v) is 23.7. The molecule has 9 aromatic carbocycles. The molecular weight excluding hydrogens is 927 g/mol. The van der Waals surface area contributed by atoms with Gasteiger partial charge in [-0.25, -0.2) is 15.0 Å². The second-order valence-electron chi connectivity index (χ2n) is 18.6. The van der Waals surface area contributed by atoms with E-state index in [0.717, 1.165) is 67.4 Å². The summed E-state index contributed by atoms with van der Waals surface area (Å²) in [6.07, 6.45) is -9.74. The minimum Gasteiger partial charge on any atom is -0.308 e. The van der Waals surface area contributed by atoms with Crippen molar-refractivity contribution in [2.45, 2.75) is 40.0 Å². The van der Waals surface area contributed by atoms with Gasteiger partial charge in [0.1, 0.15) is 0 Å². The largest absolute Gasteiger partial charge is 0.417 e. The zero-order chi connectivity index (χ0) is 50.8. The Bertz CT molecular complexity index is 3640. The summed E-state index contributed by atoms with van der Waals surface area (Å²) >= 11 is 0. The van der Waals surface area contributed by atoms with Gasteiger partial charge in [-0.2, -0.15) is 26.3 Å². The number of fused-ring (bicyclic) bond motifs is 3. The highest BCUT2D eigenvalue weighted by atomic mass is 19.4. The van der Waals surface area contributed by atoms with E-state index in [9.17, 15) is 0 Å². The van der Waals surface area contributed by atoms with Crippen molar-refractivity contribution in [2.24, 2.45) is 0 Å². The van der Waals surface area contributed by atoms with Crippen molar-refractivity contribution in [2.75, 3.05) is 0 Å². The van der Waals surface area contributed by atoms with Crippen LogP contribution < -0.4 is 0 Å². The topological polar surface area (TPSA) is 43.6 Å². The summed E-state index contributed by atoms with van der Waals surface area (Å²) in [4.78, 5) is 14.7. The molecule has 0 spiro atoms. The molecular formula is C63H44F6N4. The molecule has 0 saturated heterocycles. The van der Waals surface area contributed by atoms with Gasteiger partial charge in [-0.1, -0.05) is 168 Å². The van der Waals surface area contributed by atoms with Gasteiger partial charge in [-0.05, 0) is 110 Å². The molecule has 0 aliphatic carbocycles. The molecule has 0 fully saturated rings. The van der Waals surface area contributed by atoms with E-state index in [4.69, 9.17) is 15.0 Å². The Balaban J connectivity index is 1.31. The van der Waals surface area contributed by atoms with Gasteiger partial charge in [0.25, 0.3) is 0 Å². The molecule has 11 aromatic rings. The number of halogens is 6. The first-order chi connectivity index (χ1) is 35.1. The van der Waals surface area contributed by atoms with E-state index in [2.05, 4.69) is 48.5 Å². The molecule has 0 unspecified atom stereocenters. The Morgan fingerprint density at radius 2 is 0.671 bits per heavy atom. The number of benzene rings is 9. The predicted molar refractivity (Wildman–Crippen MR) is 281 cm³/mol. The minimum absolute atomic E-state index is 0.0101. The maximum atomic E-state index is 15.6. The smallest absolute Gasteiger partial charge is 0.308 e. The molecule has 0 saturated carbocycles. The lowest BCUT2D eigenvalue weighted by molar-refractivity contribution is -0.137. The number of rotatable bonds is 8. The van der Waals surface area contributed by atoms with Gasteiger partial charge in [0.05, 0.1) is 27.8 Å². The van der Waals surface area contributed by atoms with Crippen molar-refractivity contribution in [3.05, 3.63) is 228 Å². The third-order valence-electron chi connectivity index (χ3n) is 13.2. The quantitative estimate of drug-likeness (QED) is 0.143. The van der Waals surface area contributed by atoms with Gasteiger partial charge in [0.15, 0.2) is 17.5 Å². The molecule has 0 bridgehead atoms. The van der Waals surface area contributed by atoms with E-state index in [1.54, 1.807) is 12.1 Å². The van der Waals surface area contributed by atoms with Crippen LogP contribution in [0.25, 0.3) is 106 Å². The molecule has 358 valence electrons. The van der Waals surface area contributed by atoms with Crippen LogP contribution in [0, 0.1) is 27.7 Å². The molecule has 2 aromatic heterocycles. The van der Waals surface area contributed by atoms with Gasteiger partial charge < -0.3 is 4.57 Å². The van der Waals surface area contributed by atoms with Gasteiger partial charge in [0.2, 0.25) is 0 Å². The molecule has 0 N–H and O–H groups in total. The summed E-state index contributed by atoms with van der Waals surface area (Å²) in [6.45, 7) is 8.12. The van der Waals surface area contributed by atoms with Crippen LogP contribution in [0.15, 0.2) is 194 Å². The molecule has 73 heavy (non-hydrogen) atoms. The van der Waals surface area contributed by atoms with Crippen molar-refractivity contribution < 1.29 is 26.3 Å². The van der Waals surface area contributed by atoms with Crippen LogP contribution >= 0.6 is 0 Å². The fraction of sp³-hybridized carbons (Fsp3) is 0.0952. The lowest BCUT2D eigenvalue weighted by Gasteiger charge is -2.24. The van der Waals surface area contributed by atoms with E-state index in [-0.39, 0.29) is 51.0 Å². The Labute approximate surface area is 418 Å². The van der Waals surface area contributed by atoms with Crippen LogP contribution in [0.2, 0.25) is 0 Å². The van der Waals surface area contributed by atoms with Crippen molar-refractivity contribution in [3.8, 4) is 84.4 Å². The van der Waals surface area contributed by atoms with E-state index < -0.39 is 23.5 Å². The van der Waals surface area contributed by atoms with Crippen LogP contribution in [0.1, 0.15) is 33.4 Å². The summed E-state index contributed by atoms with van der Waals surface area (Å²) in [5.41, 5.74) is 8.31. The SMILES string of the molecule is Cc1cc(C)cc(-c2ccc3c(c2)c2cc(-c4cc(C)cc(C)c4)ccc2n3-c2c(-c3ccccc3C(F)(F)F)cc(-c3nc(-c4ccccc4)nc(-c4ccccc4)n3)cc2-c2ccccc2C(F)(F)F)c1. The Kier molecular flexibility index (Phi) is 11.7. The molecule has 4 nitrogen and oxygen atoms in total. The van der Waals surface area contributed by atoms with Crippen LogP contribution in [-0.2, 0) is 12.4 Å². The number of aryl methyl sites for hydroxylation is 4. The summed E-state index contributed by atoms with van der Waals surface area (Å²) in [7, 11) is 0. The van der Waals surface area contributed by atoms with Gasteiger partial charge in [0, 0.05) is 38.6 Å². The number of hydrogen-bond acceptors (Lipinski definition) is 3. The lowest BCUT2D eigenvalue weighted by atomic mass is 9.88. The first-order valence-electron chi connectivity index (χ1n) is 23.7.